The van der Waals surface area contributed by atoms with E-state index in [4.69, 9.17) is 9.15 Å². The second-order valence-corrected chi connectivity index (χ2v) is 7.48. The highest BCUT2D eigenvalue weighted by molar-refractivity contribution is 5.87. The molecule has 2 heterocycles. The minimum Gasteiger partial charge on any atom is -0.485 e. The molecule has 3 nitrogen and oxygen atoms in total. The lowest BCUT2D eigenvalue weighted by Crippen LogP contribution is -2.19. The van der Waals surface area contributed by atoms with Gasteiger partial charge in [-0.05, 0) is 68.2 Å². The summed E-state index contributed by atoms with van der Waals surface area (Å²) < 4.78 is 12.1. The molecule has 132 valence electrons. The van der Waals surface area contributed by atoms with E-state index >= 15 is 0 Å². The van der Waals surface area contributed by atoms with Gasteiger partial charge in [-0.15, -0.1) is 0 Å². The molecule has 3 heteroatoms. The van der Waals surface area contributed by atoms with Gasteiger partial charge >= 0.3 is 5.63 Å². The first-order chi connectivity index (χ1) is 12.7. The number of hydrogen-bond acceptors (Lipinski definition) is 3. The summed E-state index contributed by atoms with van der Waals surface area (Å²) in [5.41, 5.74) is 6.05. The van der Waals surface area contributed by atoms with Crippen LogP contribution in [0, 0.1) is 6.92 Å². The highest BCUT2D eigenvalue weighted by Crippen LogP contribution is 2.41. The van der Waals surface area contributed by atoms with E-state index in [1.807, 2.05) is 25.1 Å². The van der Waals surface area contributed by atoms with E-state index in [1.54, 1.807) is 0 Å². The average Bonchev–Trinajstić information content (AvgIpc) is 2.70. The van der Waals surface area contributed by atoms with Gasteiger partial charge < -0.3 is 9.15 Å². The van der Waals surface area contributed by atoms with Crippen LogP contribution in [0.3, 0.4) is 0 Å². The molecule has 3 aromatic rings. The second-order valence-electron chi connectivity index (χ2n) is 7.48. The Hall–Kier alpha value is -2.55. The molecule has 0 N–H and O–H groups in total. The SMILES string of the molecule is Cc1c2c(cc3c4c(c(=O)oc13)CCCC4)CCC(c1ccccc1)O2. The lowest BCUT2D eigenvalue weighted by Gasteiger charge is -2.29. The molecule has 0 radical (unpaired) electrons. The zero-order valence-electron chi connectivity index (χ0n) is 15.0. The van der Waals surface area contributed by atoms with E-state index in [-0.39, 0.29) is 11.7 Å². The monoisotopic (exact) mass is 346 g/mol. The first-order valence-corrected chi connectivity index (χ1v) is 9.55. The summed E-state index contributed by atoms with van der Waals surface area (Å²) in [6.45, 7) is 2.02. The molecule has 0 amide bonds. The molecule has 0 saturated heterocycles. The molecule has 1 aliphatic carbocycles. The number of hydrogen-bond donors (Lipinski definition) is 0. The van der Waals surface area contributed by atoms with Crippen molar-refractivity contribution in [3.8, 4) is 5.75 Å². The predicted octanol–water partition coefficient (Wildman–Crippen LogP) is 5.05. The Morgan fingerprint density at radius 1 is 1.00 bits per heavy atom. The Bertz CT molecular complexity index is 1050. The first-order valence-electron chi connectivity index (χ1n) is 9.55. The molecule has 1 aromatic heterocycles. The molecule has 2 aliphatic rings. The van der Waals surface area contributed by atoms with Crippen LogP contribution in [-0.2, 0) is 19.3 Å². The van der Waals surface area contributed by atoms with Gasteiger partial charge in [-0.3, -0.25) is 0 Å². The van der Waals surface area contributed by atoms with Crippen molar-refractivity contribution >= 4 is 11.0 Å². The maximum atomic E-state index is 12.5. The van der Waals surface area contributed by atoms with Crippen LogP contribution in [-0.4, -0.2) is 0 Å². The predicted molar refractivity (Wildman–Crippen MR) is 102 cm³/mol. The Labute approximate surface area is 152 Å². The standard InChI is InChI=1S/C23H22O3/c1-14-21-16(11-12-20(25-21)15-7-3-2-4-8-15)13-19-17-9-5-6-10-18(17)23(24)26-22(14)19/h2-4,7-8,13,20H,5-6,9-12H2,1H3. The summed E-state index contributed by atoms with van der Waals surface area (Å²) >= 11 is 0. The zero-order chi connectivity index (χ0) is 17.7. The number of benzene rings is 2. The van der Waals surface area contributed by atoms with Gasteiger partial charge in [-0.2, -0.15) is 0 Å². The van der Waals surface area contributed by atoms with Crippen molar-refractivity contribution in [2.75, 3.05) is 0 Å². The van der Waals surface area contributed by atoms with Gasteiger partial charge in [0.05, 0.1) is 0 Å². The van der Waals surface area contributed by atoms with Gasteiger partial charge in [0.15, 0.2) is 0 Å². The highest BCUT2D eigenvalue weighted by atomic mass is 16.5. The maximum absolute atomic E-state index is 12.5. The number of fused-ring (bicyclic) bond motifs is 4. The van der Waals surface area contributed by atoms with Crippen molar-refractivity contribution in [3.63, 3.8) is 0 Å². The van der Waals surface area contributed by atoms with Gasteiger partial charge in [-0.1, -0.05) is 30.3 Å². The fourth-order valence-electron chi connectivity index (χ4n) is 4.53. The van der Waals surface area contributed by atoms with Crippen molar-refractivity contribution in [1.82, 2.24) is 0 Å². The van der Waals surface area contributed by atoms with E-state index in [9.17, 15) is 4.79 Å². The minimum absolute atomic E-state index is 0.0594. The third-order valence-electron chi connectivity index (χ3n) is 5.88. The van der Waals surface area contributed by atoms with Gasteiger partial charge in [-0.25, -0.2) is 4.79 Å². The number of rotatable bonds is 1. The molecule has 26 heavy (non-hydrogen) atoms. The van der Waals surface area contributed by atoms with Gasteiger partial charge in [0, 0.05) is 16.5 Å². The van der Waals surface area contributed by atoms with E-state index in [2.05, 4.69) is 18.2 Å². The quantitative estimate of drug-likeness (QED) is 0.579. The third kappa shape index (κ3) is 2.38. The van der Waals surface area contributed by atoms with Crippen LogP contribution in [0.1, 0.15) is 53.2 Å². The van der Waals surface area contributed by atoms with Crippen molar-refractivity contribution in [2.45, 2.75) is 51.6 Å². The zero-order valence-corrected chi connectivity index (χ0v) is 15.0. The van der Waals surface area contributed by atoms with Crippen LogP contribution in [0.25, 0.3) is 11.0 Å². The van der Waals surface area contributed by atoms with Crippen LogP contribution in [0.2, 0.25) is 0 Å². The van der Waals surface area contributed by atoms with Crippen LogP contribution < -0.4 is 10.4 Å². The van der Waals surface area contributed by atoms with Crippen molar-refractivity contribution in [2.24, 2.45) is 0 Å². The molecular formula is C23H22O3. The lowest BCUT2D eigenvalue weighted by molar-refractivity contribution is 0.175. The van der Waals surface area contributed by atoms with Crippen molar-refractivity contribution < 1.29 is 9.15 Å². The molecule has 5 rings (SSSR count). The van der Waals surface area contributed by atoms with Crippen molar-refractivity contribution in [1.29, 1.82) is 0 Å². The van der Waals surface area contributed by atoms with E-state index in [1.165, 1.54) is 16.7 Å². The molecule has 1 unspecified atom stereocenters. The summed E-state index contributed by atoms with van der Waals surface area (Å²) in [6.07, 6.45) is 6.06. The smallest absolute Gasteiger partial charge is 0.339 e. The van der Waals surface area contributed by atoms with Gasteiger partial charge in [0.1, 0.15) is 17.4 Å². The number of aryl methyl sites for hydroxylation is 3. The third-order valence-corrected chi connectivity index (χ3v) is 5.88. The molecule has 1 aliphatic heterocycles. The Kier molecular flexibility index (Phi) is 3.63. The summed E-state index contributed by atoms with van der Waals surface area (Å²) in [4.78, 5) is 12.5. The average molecular weight is 346 g/mol. The fourth-order valence-corrected chi connectivity index (χ4v) is 4.53. The number of ether oxygens (including phenoxy) is 1. The molecular weight excluding hydrogens is 324 g/mol. The largest absolute Gasteiger partial charge is 0.485 e. The second kappa shape index (κ2) is 6.01. The summed E-state index contributed by atoms with van der Waals surface area (Å²) in [5.74, 6) is 0.900. The van der Waals surface area contributed by atoms with E-state index < -0.39 is 0 Å². The molecule has 0 bridgehead atoms. The van der Waals surface area contributed by atoms with Crippen molar-refractivity contribution in [3.05, 3.63) is 74.6 Å². The summed E-state index contributed by atoms with van der Waals surface area (Å²) in [5, 5.41) is 1.12. The Morgan fingerprint density at radius 2 is 1.77 bits per heavy atom. The summed E-state index contributed by atoms with van der Waals surface area (Å²) in [6, 6.07) is 12.6. The van der Waals surface area contributed by atoms with E-state index in [0.29, 0.717) is 5.58 Å². The van der Waals surface area contributed by atoms with Gasteiger partial charge in [0.2, 0.25) is 0 Å². The van der Waals surface area contributed by atoms with Crippen LogP contribution in [0.4, 0.5) is 0 Å². The first kappa shape index (κ1) is 15.7. The van der Waals surface area contributed by atoms with Crippen LogP contribution in [0.5, 0.6) is 5.75 Å². The maximum Gasteiger partial charge on any atom is 0.339 e. The topological polar surface area (TPSA) is 39.4 Å². The normalized spacial score (nSPS) is 18.9. The van der Waals surface area contributed by atoms with E-state index in [0.717, 1.165) is 60.8 Å². The molecule has 0 spiro atoms. The minimum atomic E-state index is -0.161. The molecule has 0 fully saturated rings. The van der Waals surface area contributed by atoms with Crippen LogP contribution >= 0.6 is 0 Å². The Morgan fingerprint density at radius 3 is 2.58 bits per heavy atom. The molecule has 0 saturated carbocycles. The lowest BCUT2D eigenvalue weighted by atomic mass is 9.87. The molecule has 2 aromatic carbocycles. The highest BCUT2D eigenvalue weighted by Gasteiger charge is 2.27. The van der Waals surface area contributed by atoms with Crippen LogP contribution in [0.15, 0.2) is 45.6 Å². The molecule has 1 atom stereocenters. The van der Waals surface area contributed by atoms with Gasteiger partial charge in [0.25, 0.3) is 0 Å². The fraction of sp³-hybridized carbons (Fsp3) is 0.348. The Balaban J connectivity index is 1.66. The summed E-state index contributed by atoms with van der Waals surface area (Å²) in [7, 11) is 0.